The second kappa shape index (κ2) is 4.29. The van der Waals surface area contributed by atoms with Gasteiger partial charge in [-0.15, -0.1) is 0 Å². The molecule has 3 nitrogen and oxygen atoms in total. The molecule has 0 unspecified atom stereocenters. The number of rotatable bonds is 3. The molecule has 0 amide bonds. The van der Waals surface area contributed by atoms with Crippen LogP contribution in [-0.2, 0) is 11.2 Å². The molecule has 0 spiro atoms. The molecule has 0 aliphatic rings. The van der Waals surface area contributed by atoms with Crippen LogP contribution in [0.4, 0.5) is 13.2 Å². The number of methoxy groups -OCH3 is 1. The van der Waals surface area contributed by atoms with Crippen LogP contribution in [0.2, 0.25) is 0 Å². The van der Waals surface area contributed by atoms with Gasteiger partial charge in [0.2, 0.25) is 5.78 Å². The lowest BCUT2D eigenvalue weighted by Gasteiger charge is -2.05. The normalized spacial score (nSPS) is 11.2. The maximum absolute atomic E-state index is 11.9. The summed E-state index contributed by atoms with van der Waals surface area (Å²) in [6.45, 7) is 0. The number of carbonyl (C=O) groups excluding carboxylic acids is 1. The second-order valence-corrected chi connectivity index (χ2v) is 2.83. The van der Waals surface area contributed by atoms with E-state index in [-0.39, 0.29) is 5.56 Å². The number of Topliss-reactive ketones (excluding diaryl/α,β-unsaturated/α-hetero) is 1. The van der Waals surface area contributed by atoms with Crippen LogP contribution >= 0.6 is 0 Å². The van der Waals surface area contributed by atoms with Gasteiger partial charge in [-0.1, -0.05) is 0 Å². The molecule has 1 aromatic rings. The molecule has 0 fully saturated rings. The summed E-state index contributed by atoms with van der Waals surface area (Å²) in [6.07, 6.45) is -2.97. The molecule has 1 heterocycles. The summed E-state index contributed by atoms with van der Waals surface area (Å²) >= 11 is 0. The number of ether oxygens (including phenoxy) is 1. The van der Waals surface area contributed by atoms with Gasteiger partial charge in [-0.25, -0.2) is 0 Å². The molecular formula is C9H8F3NO2. The SMILES string of the molecule is COc1cncc(CC(=O)C(F)(F)F)c1. The van der Waals surface area contributed by atoms with Gasteiger partial charge < -0.3 is 4.74 Å². The maximum Gasteiger partial charge on any atom is 0.450 e. The number of hydrogen-bond acceptors (Lipinski definition) is 3. The van der Waals surface area contributed by atoms with Crippen LogP contribution in [-0.4, -0.2) is 24.1 Å². The summed E-state index contributed by atoms with van der Waals surface area (Å²) in [5, 5.41) is 0. The third-order valence-electron chi connectivity index (χ3n) is 1.69. The van der Waals surface area contributed by atoms with E-state index < -0.39 is 18.4 Å². The number of nitrogens with zero attached hydrogens (tertiary/aromatic N) is 1. The number of carbonyl (C=O) groups is 1. The number of halogens is 3. The van der Waals surface area contributed by atoms with Crippen LogP contribution in [0.5, 0.6) is 5.75 Å². The van der Waals surface area contributed by atoms with Gasteiger partial charge in [0, 0.05) is 12.6 Å². The molecule has 15 heavy (non-hydrogen) atoms. The highest BCUT2D eigenvalue weighted by molar-refractivity contribution is 5.86. The second-order valence-electron chi connectivity index (χ2n) is 2.83. The first-order valence-electron chi connectivity index (χ1n) is 4.01. The fraction of sp³-hybridized carbons (Fsp3) is 0.333. The van der Waals surface area contributed by atoms with Gasteiger partial charge >= 0.3 is 6.18 Å². The van der Waals surface area contributed by atoms with Crippen LogP contribution in [0.15, 0.2) is 18.5 Å². The van der Waals surface area contributed by atoms with E-state index in [0.717, 1.165) is 0 Å². The zero-order valence-corrected chi connectivity index (χ0v) is 7.84. The lowest BCUT2D eigenvalue weighted by atomic mass is 10.1. The molecule has 0 saturated heterocycles. The Kier molecular flexibility index (Phi) is 3.28. The van der Waals surface area contributed by atoms with Crippen molar-refractivity contribution in [2.45, 2.75) is 12.6 Å². The Hall–Kier alpha value is -1.59. The lowest BCUT2D eigenvalue weighted by Crippen LogP contribution is -2.24. The third kappa shape index (κ3) is 3.23. The highest BCUT2D eigenvalue weighted by atomic mass is 19.4. The summed E-state index contributed by atoms with van der Waals surface area (Å²) in [7, 11) is 1.37. The largest absolute Gasteiger partial charge is 0.495 e. The van der Waals surface area contributed by atoms with Crippen LogP contribution in [0.25, 0.3) is 0 Å². The molecule has 0 atom stereocenters. The van der Waals surface area contributed by atoms with E-state index in [9.17, 15) is 18.0 Å². The van der Waals surface area contributed by atoms with Crippen molar-refractivity contribution >= 4 is 5.78 Å². The zero-order valence-electron chi connectivity index (χ0n) is 7.84. The summed E-state index contributed by atoms with van der Waals surface area (Å²) in [5.74, 6) is -1.47. The number of hydrogen-bond donors (Lipinski definition) is 0. The van der Waals surface area contributed by atoms with Gasteiger partial charge in [-0.2, -0.15) is 13.2 Å². The molecular weight excluding hydrogens is 211 g/mol. The fourth-order valence-electron chi connectivity index (χ4n) is 0.958. The molecule has 0 aromatic carbocycles. The minimum absolute atomic E-state index is 0.177. The molecule has 1 aromatic heterocycles. The summed E-state index contributed by atoms with van der Waals surface area (Å²) in [5.41, 5.74) is 0.177. The predicted octanol–water partition coefficient (Wildman–Crippen LogP) is 1.76. The number of pyridine rings is 1. The van der Waals surface area contributed by atoms with Crippen LogP contribution in [0, 0.1) is 0 Å². The van der Waals surface area contributed by atoms with Gasteiger partial charge in [0.05, 0.1) is 13.3 Å². The number of ketones is 1. The Morgan fingerprint density at radius 2 is 2.13 bits per heavy atom. The van der Waals surface area contributed by atoms with Crippen molar-refractivity contribution in [1.29, 1.82) is 0 Å². The zero-order chi connectivity index (χ0) is 11.5. The third-order valence-corrected chi connectivity index (χ3v) is 1.69. The Bertz CT molecular complexity index is 363. The smallest absolute Gasteiger partial charge is 0.450 e. The highest BCUT2D eigenvalue weighted by Crippen LogP contribution is 2.19. The molecule has 0 radical (unpaired) electrons. The van der Waals surface area contributed by atoms with E-state index in [1.165, 1.54) is 25.6 Å². The maximum atomic E-state index is 11.9. The van der Waals surface area contributed by atoms with Crippen molar-refractivity contribution in [2.24, 2.45) is 0 Å². The number of aromatic nitrogens is 1. The Labute approximate surface area is 83.9 Å². The van der Waals surface area contributed by atoms with Gasteiger partial charge in [-0.05, 0) is 11.6 Å². The van der Waals surface area contributed by atoms with Crippen molar-refractivity contribution in [3.63, 3.8) is 0 Å². The van der Waals surface area contributed by atoms with E-state index in [1.54, 1.807) is 0 Å². The Morgan fingerprint density at radius 1 is 1.47 bits per heavy atom. The first-order chi connectivity index (χ1) is 6.93. The van der Waals surface area contributed by atoms with E-state index in [1.807, 2.05) is 0 Å². The predicted molar refractivity (Wildman–Crippen MR) is 45.6 cm³/mol. The Morgan fingerprint density at radius 3 is 2.67 bits per heavy atom. The molecule has 0 aliphatic carbocycles. The molecule has 6 heteroatoms. The average molecular weight is 219 g/mol. The van der Waals surface area contributed by atoms with Crippen molar-refractivity contribution in [2.75, 3.05) is 7.11 Å². The molecule has 0 N–H and O–H groups in total. The first kappa shape index (κ1) is 11.5. The van der Waals surface area contributed by atoms with Crippen molar-refractivity contribution < 1.29 is 22.7 Å². The quantitative estimate of drug-likeness (QED) is 0.777. The van der Waals surface area contributed by atoms with Crippen LogP contribution in [0.3, 0.4) is 0 Å². The summed E-state index contributed by atoms with van der Waals surface area (Å²) < 4.78 is 40.5. The van der Waals surface area contributed by atoms with Crippen LogP contribution < -0.4 is 4.74 Å². The minimum atomic E-state index is -4.80. The lowest BCUT2D eigenvalue weighted by molar-refractivity contribution is -0.170. The summed E-state index contributed by atoms with van der Waals surface area (Å²) in [6, 6.07) is 1.34. The van der Waals surface area contributed by atoms with Crippen molar-refractivity contribution in [3.05, 3.63) is 24.0 Å². The minimum Gasteiger partial charge on any atom is -0.495 e. The van der Waals surface area contributed by atoms with E-state index in [2.05, 4.69) is 4.98 Å². The summed E-state index contributed by atoms with van der Waals surface area (Å²) in [4.78, 5) is 14.3. The average Bonchev–Trinajstić information content (AvgIpc) is 2.16. The molecule has 0 aliphatic heterocycles. The van der Waals surface area contributed by atoms with Crippen molar-refractivity contribution in [3.8, 4) is 5.75 Å². The first-order valence-corrected chi connectivity index (χ1v) is 4.01. The van der Waals surface area contributed by atoms with Gasteiger partial charge in [0.1, 0.15) is 5.75 Å². The monoisotopic (exact) mass is 219 g/mol. The highest BCUT2D eigenvalue weighted by Gasteiger charge is 2.37. The van der Waals surface area contributed by atoms with E-state index >= 15 is 0 Å². The molecule has 82 valence electrons. The standard InChI is InChI=1S/C9H8F3NO2/c1-15-7-2-6(4-13-5-7)3-8(14)9(10,11)12/h2,4-5H,3H2,1H3. The molecule has 0 saturated carbocycles. The van der Waals surface area contributed by atoms with Crippen molar-refractivity contribution in [1.82, 2.24) is 4.98 Å². The fourth-order valence-corrected chi connectivity index (χ4v) is 0.958. The van der Waals surface area contributed by atoms with Crippen LogP contribution in [0.1, 0.15) is 5.56 Å². The Balaban J connectivity index is 2.77. The van der Waals surface area contributed by atoms with E-state index in [4.69, 9.17) is 4.74 Å². The van der Waals surface area contributed by atoms with E-state index in [0.29, 0.717) is 5.75 Å². The van der Waals surface area contributed by atoms with Gasteiger partial charge in [0.15, 0.2) is 0 Å². The van der Waals surface area contributed by atoms with Gasteiger partial charge in [0.25, 0.3) is 0 Å². The number of alkyl halides is 3. The topological polar surface area (TPSA) is 39.2 Å². The molecule has 1 rings (SSSR count). The van der Waals surface area contributed by atoms with Gasteiger partial charge in [-0.3, -0.25) is 9.78 Å². The molecule has 0 bridgehead atoms.